The molecule has 0 aliphatic carbocycles. The van der Waals surface area contributed by atoms with E-state index in [1.165, 1.54) is 6.07 Å². The molecule has 1 aromatic heterocycles. The second-order valence-corrected chi connectivity index (χ2v) is 5.18. The molecule has 8 heteroatoms. The number of unbranched alkanes of at least 4 members (excludes halogenated alkanes) is 2. The number of nitro benzene ring substituents is 1. The van der Waals surface area contributed by atoms with Gasteiger partial charge in [-0.15, -0.1) is 0 Å². The van der Waals surface area contributed by atoms with Gasteiger partial charge in [0.2, 0.25) is 0 Å². The molecule has 22 heavy (non-hydrogen) atoms. The number of benzene rings is 1. The minimum Gasteiger partial charge on any atom is -0.368 e. The Morgan fingerprint density at radius 2 is 1.91 bits per heavy atom. The quantitative estimate of drug-likeness (QED) is 0.422. The van der Waals surface area contributed by atoms with Crippen LogP contribution in [0.25, 0.3) is 11.0 Å². The molecule has 0 N–H and O–H groups in total. The smallest absolute Gasteiger partial charge is 0.327 e. The van der Waals surface area contributed by atoms with Gasteiger partial charge in [0.15, 0.2) is 0 Å². The third kappa shape index (κ3) is 3.10. The van der Waals surface area contributed by atoms with E-state index in [4.69, 9.17) is 0 Å². The Hall–Kier alpha value is -2.38. The molecule has 2 rings (SSSR count). The monoisotopic (exact) mass is 308 g/mol. The normalized spacial score (nSPS) is 11.0. The molecular weight excluding hydrogens is 288 g/mol. The number of non-ortho nitro benzene ring substituents is 1. The van der Waals surface area contributed by atoms with Gasteiger partial charge in [-0.1, -0.05) is 26.7 Å². The zero-order valence-electron chi connectivity index (χ0n) is 12.8. The lowest BCUT2D eigenvalue weighted by Gasteiger charge is -2.24. The molecule has 120 valence electrons. The zero-order valence-corrected chi connectivity index (χ0v) is 12.8. The Morgan fingerprint density at radius 3 is 2.45 bits per heavy atom. The average Bonchev–Trinajstić information content (AvgIpc) is 2.89. The number of anilines is 1. The molecule has 0 saturated carbocycles. The Bertz CT molecular complexity index is 648. The average molecular weight is 308 g/mol. The Labute approximate surface area is 128 Å². The maximum absolute atomic E-state index is 11.9. The van der Waals surface area contributed by atoms with Gasteiger partial charge in [0.1, 0.15) is 0 Å². The van der Waals surface area contributed by atoms with Gasteiger partial charge in [0, 0.05) is 19.2 Å². The molecule has 0 atom stereocenters. The van der Waals surface area contributed by atoms with Crippen LogP contribution in [0.4, 0.5) is 11.4 Å². The van der Waals surface area contributed by atoms with Gasteiger partial charge in [0.05, 0.1) is 15.8 Å². The van der Waals surface area contributed by atoms with Crippen molar-refractivity contribution in [2.45, 2.75) is 39.5 Å². The summed E-state index contributed by atoms with van der Waals surface area (Å²) >= 11 is 0. The molecule has 0 amide bonds. The molecule has 2 aromatic rings. The summed E-state index contributed by atoms with van der Waals surface area (Å²) in [5.74, 6) is 0. The van der Waals surface area contributed by atoms with Crippen LogP contribution < -0.4 is 9.80 Å². The number of rotatable bonds is 8. The number of hydrogen-bond acceptors (Lipinski definition) is 6. The van der Waals surface area contributed by atoms with Crippen molar-refractivity contribution in [3.8, 4) is 0 Å². The van der Waals surface area contributed by atoms with E-state index in [9.17, 15) is 15.3 Å². The van der Waals surface area contributed by atoms with Crippen molar-refractivity contribution in [3.63, 3.8) is 0 Å². The molecular formula is C14H20N4O4. The summed E-state index contributed by atoms with van der Waals surface area (Å²) in [4.78, 5) is 12.8. The van der Waals surface area contributed by atoms with Crippen LogP contribution in [0, 0.1) is 15.3 Å². The van der Waals surface area contributed by atoms with E-state index >= 15 is 0 Å². The van der Waals surface area contributed by atoms with Crippen molar-refractivity contribution in [3.05, 3.63) is 27.5 Å². The van der Waals surface area contributed by atoms with E-state index in [1.807, 2.05) is 0 Å². The summed E-state index contributed by atoms with van der Waals surface area (Å²) in [6.07, 6.45) is 4.01. The van der Waals surface area contributed by atoms with Crippen LogP contribution in [0.2, 0.25) is 0 Å². The van der Waals surface area contributed by atoms with Crippen molar-refractivity contribution in [1.29, 1.82) is 0 Å². The third-order valence-electron chi connectivity index (χ3n) is 3.60. The molecule has 0 saturated heterocycles. The minimum atomic E-state index is -0.558. The molecule has 8 nitrogen and oxygen atoms in total. The van der Waals surface area contributed by atoms with E-state index in [1.54, 1.807) is 6.07 Å². The largest absolute Gasteiger partial charge is 0.368 e. The molecule has 0 spiro atoms. The van der Waals surface area contributed by atoms with Gasteiger partial charge in [-0.2, -0.15) is 0 Å². The molecule has 1 aromatic carbocycles. The summed E-state index contributed by atoms with van der Waals surface area (Å²) < 4.78 is 4.59. The first-order valence-corrected chi connectivity index (χ1v) is 7.51. The highest BCUT2D eigenvalue weighted by atomic mass is 16.8. The fourth-order valence-electron chi connectivity index (χ4n) is 2.40. The van der Waals surface area contributed by atoms with Gasteiger partial charge < -0.3 is 10.1 Å². The lowest BCUT2D eigenvalue weighted by atomic mass is 10.2. The van der Waals surface area contributed by atoms with Crippen LogP contribution in [0.5, 0.6) is 0 Å². The van der Waals surface area contributed by atoms with Crippen LogP contribution in [0.1, 0.15) is 39.5 Å². The predicted octanol–water partition coefficient (Wildman–Crippen LogP) is 2.78. The SMILES string of the molecule is CCCCN(CCCC)c1ccc([N+](=O)[O-])c2no[n+]([O-])c12. The van der Waals surface area contributed by atoms with Crippen molar-refractivity contribution in [2.75, 3.05) is 18.0 Å². The molecule has 0 fully saturated rings. The first kappa shape index (κ1) is 16.0. The summed E-state index contributed by atoms with van der Waals surface area (Å²) in [5, 5.41) is 26.5. The lowest BCUT2D eigenvalue weighted by molar-refractivity contribution is -0.782. The number of nitro groups is 1. The van der Waals surface area contributed by atoms with Crippen LogP contribution in [-0.2, 0) is 0 Å². The highest BCUT2D eigenvalue weighted by Gasteiger charge is 2.28. The van der Waals surface area contributed by atoms with Crippen LogP contribution in [-0.4, -0.2) is 23.2 Å². The standard InChI is InChI=1S/C14H20N4O4/c1-3-5-9-16(10-6-4-2)12-8-7-11(17(19)20)13-14(12)18(21)22-15-13/h7-8H,3-6,9-10H2,1-2H3. The molecule has 0 unspecified atom stereocenters. The molecule has 0 bridgehead atoms. The zero-order chi connectivity index (χ0) is 16.1. The molecule has 0 radical (unpaired) electrons. The van der Waals surface area contributed by atoms with Crippen molar-refractivity contribution in [1.82, 2.24) is 5.16 Å². The van der Waals surface area contributed by atoms with Crippen LogP contribution in [0.15, 0.2) is 16.8 Å². The van der Waals surface area contributed by atoms with E-state index in [2.05, 4.69) is 28.5 Å². The highest BCUT2D eigenvalue weighted by Crippen LogP contribution is 2.30. The van der Waals surface area contributed by atoms with E-state index in [0.29, 0.717) is 5.69 Å². The van der Waals surface area contributed by atoms with Crippen LogP contribution >= 0.6 is 0 Å². The van der Waals surface area contributed by atoms with Gasteiger partial charge >= 0.3 is 11.2 Å². The second-order valence-electron chi connectivity index (χ2n) is 5.18. The van der Waals surface area contributed by atoms with Crippen molar-refractivity contribution >= 4 is 22.4 Å². The fourth-order valence-corrected chi connectivity index (χ4v) is 2.40. The van der Waals surface area contributed by atoms with Crippen molar-refractivity contribution in [2.24, 2.45) is 0 Å². The first-order valence-electron chi connectivity index (χ1n) is 7.51. The second kappa shape index (κ2) is 7.06. The molecule has 1 heterocycles. The summed E-state index contributed by atoms with van der Waals surface area (Å²) in [6, 6.07) is 2.99. The number of aromatic nitrogens is 2. The molecule has 0 aliphatic heterocycles. The summed E-state index contributed by atoms with van der Waals surface area (Å²) in [7, 11) is 0. The predicted molar refractivity (Wildman–Crippen MR) is 81.7 cm³/mol. The first-order chi connectivity index (χ1) is 10.6. The summed E-state index contributed by atoms with van der Waals surface area (Å²) in [6.45, 7) is 5.76. The van der Waals surface area contributed by atoms with Gasteiger partial charge in [-0.25, -0.2) is 0 Å². The minimum absolute atomic E-state index is 0.00417. The Morgan fingerprint density at radius 1 is 1.27 bits per heavy atom. The third-order valence-corrected chi connectivity index (χ3v) is 3.60. The number of hydrogen-bond donors (Lipinski definition) is 0. The van der Waals surface area contributed by atoms with Gasteiger partial charge in [0.25, 0.3) is 5.52 Å². The van der Waals surface area contributed by atoms with Crippen molar-refractivity contribution < 1.29 is 14.5 Å². The van der Waals surface area contributed by atoms with E-state index < -0.39 is 4.92 Å². The maximum atomic E-state index is 11.9. The molecule has 0 aliphatic rings. The van der Waals surface area contributed by atoms with Crippen LogP contribution in [0.3, 0.4) is 0 Å². The van der Waals surface area contributed by atoms with Gasteiger partial charge in [-0.3, -0.25) is 14.7 Å². The number of nitrogens with zero attached hydrogens (tertiary/aromatic N) is 4. The number of fused-ring (bicyclic) bond motifs is 1. The fraction of sp³-hybridized carbons (Fsp3) is 0.571. The van der Waals surface area contributed by atoms with E-state index in [-0.39, 0.29) is 21.6 Å². The Balaban J connectivity index is 2.49. The van der Waals surface area contributed by atoms with Gasteiger partial charge in [-0.05, 0) is 23.8 Å². The topological polar surface area (TPSA) is 99.3 Å². The Kier molecular flexibility index (Phi) is 5.13. The summed E-state index contributed by atoms with van der Waals surface area (Å²) in [5.41, 5.74) is 0.540. The van der Waals surface area contributed by atoms with E-state index in [0.717, 1.165) is 38.8 Å². The lowest BCUT2D eigenvalue weighted by Crippen LogP contribution is -2.30. The maximum Gasteiger partial charge on any atom is 0.327 e. The highest BCUT2D eigenvalue weighted by molar-refractivity contribution is 5.91.